The van der Waals surface area contributed by atoms with Crippen LogP contribution in [0.25, 0.3) is 0 Å². The molecule has 0 aromatic rings. The van der Waals surface area contributed by atoms with E-state index in [1.807, 2.05) is 0 Å². The summed E-state index contributed by atoms with van der Waals surface area (Å²) in [5.41, 5.74) is 0. The van der Waals surface area contributed by atoms with E-state index in [1.54, 1.807) is 6.92 Å². The molecule has 0 spiro atoms. The molecule has 0 aliphatic carbocycles. The van der Waals surface area contributed by atoms with E-state index in [1.165, 1.54) is 0 Å². The van der Waals surface area contributed by atoms with Crippen LogP contribution in [0.2, 0.25) is 0 Å². The van der Waals surface area contributed by atoms with Crippen LogP contribution in [0.3, 0.4) is 0 Å². The summed E-state index contributed by atoms with van der Waals surface area (Å²) in [5.74, 6) is 0. The largest absolute Gasteiger partial charge is 0.462 e. The van der Waals surface area contributed by atoms with E-state index in [0.717, 1.165) is 0 Å². The van der Waals surface area contributed by atoms with Gasteiger partial charge in [-0.2, -0.15) is 0 Å². The Morgan fingerprint density at radius 1 is 1.88 bits per heavy atom. The Hall–Kier alpha value is -0.610. The highest BCUT2D eigenvalue weighted by Crippen LogP contribution is 1.85. The first-order valence-corrected chi connectivity index (χ1v) is 2.16. The van der Waals surface area contributed by atoms with Gasteiger partial charge in [0.15, 0.2) is 0 Å². The Balaban J connectivity index is 3.03. The summed E-state index contributed by atoms with van der Waals surface area (Å²) in [6, 6.07) is 0. The maximum Gasteiger partial charge on any atom is 0.293 e. The average Bonchev–Trinajstić information content (AvgIpc) is 1.68. The third kappa shape index (κ3) is 3.58. The summed E-state index contributed by atoms with van der Waals surface area (Å²) in [7, 11) is 0. The zero-order valence-corrected chi connectivity index (χ0v) is 4.53. The van der Waals surface area contributed by atoms with Crippen molar-refractivity contribution in [2.75, 3.05) is 6.61 Å². The molecule has 4 nitrogen and oxygen atoms in total. The summed E-state index contributed by atoms with van der Waals surface area (Å²) < 4.78 is 4.32. The van der Waals surface area contributed by atoms with Gasteiger partial charge >= 0.3 is 0 Å². The van der Waals surface area contributed by atoms with Crippen LogP contribution >= 0.6 is 0 Å². The molecule has 1 N–H and O–H groups in total. The minimum absolute atomic E-state index is 0.0126. The summed E-state index contributed by atoms with van der Waals surface area (Å²) in [6.45, 7) is 1.92. The maximum absolute atomic E-state index is 9.53. The first-order valence-electron chi connectivity index (χ1n) is 2.16. The molecule has 0 fully saturated rings. The van der Waals surface area contributed by atoms with Gasteiger partial charge in [0.1, 0.15) is 12.7 Å². The molecule has 0 radical (unpaired) electrons. The average molecular weight is 120 g/mol. The molecule has 48 valence electrons. The van der Waals surface area contributed by atoms with Gasteiger partial charge in [0.2, 0.25) is 0 Å². The molecule has 8 heavy (non-hydrogen) atoms. The number of ether oxygens (including phenoxy) is 1. The molecule has 1 atom stereocenters. The van der Waals surface area contributed by atoms with Gasteiger partial charge in [0.25, 0.3) is 6.47 Å². The molecule has 0 aromatic heterocycles. The van der Waals surface area contributed by atoms with Gasteiger partial charge < -0.3 is 4.74 Å². The lowest BCUT2D eigenvalue weighted by Gasteiger charge is -2.03. The number of hydrogen-bond acceptors (Lipinski definition) is 4. The van der Waals surface area contributed by atoms with Crippen LogP contribution in [0.5, 0.6) is 0 Å². The Kier molecular flexibility index (Phi) is 4.20. The van der Waals surface area contributed by atoms with Crippen LogP contribution in [0.4, 0.5) is 0 Å². The van der Waals surface area contributed by atoms with E-state index in [4.69, 9.17) is 5.26 Å². The van der Waals surface area contributed by atoms with Gasteiger partial charge in [0, 0.05) is 0 Å². The van der Waals surface area contributed by atoms with Crippen molar-refractivity contribution < 1.29 is 19.7 Å². The number of carbonyl (C=O) groups is 1. The van der Waals surface area contributed by atoms with Crippen molar-refractivity contribution in [3.8, 4) is 0 Å². The van der Waals surface area contributed by atoms with Gasteiger partial charge in [-0.3, -0.25) is 10.1 Å². The summed E-state index contributed by atoms with van der Waals surface area (Å²) in [6.07, 6.45) is -0.377. The molecular weight excluding hydrogens is 112 g/mol. The van der Waals surface area contributed by atoms with Crippen LogP contribution in [0, 0.1) is 0 Å². The molecular formula is C4H8O4. The number of hydrogen-bond donors (Lipinski definition) is 1. The topological polar surface area (TPSA) is 55.8 Å². The maximum atomic E-state index is 9.53. The molecule has 0 bridgehead atoms. The molecule has 0 aliphatic heterocycles. The molecule has 0 heterocycles. The van der Waals surface area contributed by atoms with Crippen LogP contribution in [-0.2, 0) is 14.4 Å². The van der Waals surface area contributed by atoms with Crippen molar-refractivity contribution in [2.24, 2.45) is 0 Å². The van der Waals surface area contributed by atoms with Gasteiger partial charge in [-0.15, -0.1) is 0 Å². The molecule has 0 rings (SSSR count). The standard InChI is InChI=1S/C4H8O4/c1-4(2-8-6)7-3-5/h3-4,6H,2H2,1H3. The SMILES string of the molecule is CC(COO)OC=O. The van der Waals surface area contributed by atoms with Crippen molar-refractivity contribution in [3.63, 3.8) is 0 Å². The fourth-order valence-corrected chi connectivity index (χ4v) is 0.239. The van der Waals surface area contributed by atoms with Crippen LogP contribution in [0.15, 0.2) is 0 Å². The Bertz CT molecular complexity index is 63.1. The minimum Gasteiger partial charge on any atom is -0.462 e. The smallest absolute Gasteiger partial charge is 0.293 e. The van der Waals surface area contributed by atoms with Gasteiger partial charge in [-0.1, -0.05) is 0 Å². The lowest BCUT2D eigenvalue weighted by molar-refractivity contribution is -0.256. The summed E-state index contributed by atoms with van der Waals surface area (Å²) in [5, 5.41) is 7.77. The first-order chi connectivity index (χ1) is 3.81. The minimum atomic E-state index is -0.377. The van der Waals surface area contributed by atoms with E-state index < -0.39 is 0 Å². The quantitative estimate of drug-likeness (QED) is 0.323. The molecule has 0 amide bonds. The molecule has 0 saturated heterocycles. The zero-order chi connectivity index (χ0) is 6.41. The van der Waals surface area contributed by atoms with Gasteiger partial charge in [-0.05, 0) is 6.92 Å². The summed E-state index contributed by atoms with van der Waals surface area (Å²) in [4.78, 5) is 13.2. The first kappa shape index (κ1) is 7.39. The Morgan fingerprint density at radius 2 is 2.50 bits per heavy atom. The fraction of sp³-hybridized carbons (Fsp3) is 0.750. The van der Waals surface area contributed by atoms with Crippen LogP contribution < -0.4 is 0 Å². The van der Waals surface area contributed by atoms with Crippen molar-refractivity contribution in [2.45, 2.75) is 13.0 Å². The van der Waals surface area contributed by atoms with Crippen LogP contribution in [0.1, 0.15) is 6.92 Å². The second-order valence-electron chi connectivity index (χ2n) is 1.34. The van der Waals surface area contributed by atoms with Crippen molar-refractivity contribution in [1.82, 2.24) is 0 Å². The molecule has 1 unspecified atom stereocenters. The highest BCUT2D eigenvalue weighted by molar-refractivity contribution is 5.37. The molecule has 0 aromatic carbocycles. The molecule has 0 aliphatic rings. The van der Waals surface area contributed by atoms with E-state index in [0.29, 0.717) is 6.47 Å². The number of carbonyl (C=O) groups excluding carboxylic acids is 1. The highest BCUT2D eigenvalue weighted by Gasteiger charge is 1.98. The second kappa shape index (κ2) is 4.55. The predicted octanol–water partition coefficient (Wildman–Crippen LogP) is 0.0375. The van der Waals surface area contributed by atoms with Crippen molar-refractivity contribution >= 4 is 6.47 Å². The number of rotatable bonds is 4. The van der Waals surface area contributed by atoms with Crippen molar-refractivity contribution in [1.29, 1.82) is 0 Å². The Morgan fingerprint density at radius 3 is 2.88 bits per heavy atom. The van der Waals surface area contributed by atoms with Crippen LogP contribution in [-0.4, -0.2) is 24.4 Å². The fourth-order valence-electron chi connectivity index (χ4n) is 0.239. The third-order valence-electron chi connectivity index (χ3n) is 0.597. The third-order valence-corrected chi connectivity index (χ3v) is 0.597. The highest BCUT2D eigenvalue weighted by atomic mass is 17.1. The van der Waals surface area contributed by atoms with E-state index in [-0.39, 0.29) is 12.7 Å². The Labute approximate surface area is 46.9 Å². The predicted molar refractivity (Wildman–Crippen MR) is 25.2 cm³/mol. The van der Waals surface area contributed by atoms with E-state index in [2.05, 4.69) is 9.62 Å². The van der Waals surface area contributed by atoms with Gasteiger partial charge in [0.05, 0.1) is 0 Å². The summed E-state index contributed by atoms with van der Waals surface area (Å²) >= 11 is 0. The monoisotopic (exact) mass is 120 g/mol. The van der Waals surface area contributed by atoms with E-state index >= 15 is 0 Å². The van der Waals surface area contributed by atoms with E-state index in [9.17, 15) is 4.79 Å². The second-order valence-corrected chi connectivity index (χ2v) is 1.34. The normalized spacial score (nSPS) is 12.8. The molecule has 4 heteroatoms. The lowest BCUT2D eigenvalue weighted by atomic mass is 10.4. The van der Waals surface area contributed by atoms with Crippen molar-refractivity contribution in [3.05, 3.63) is 0 Å². The van der Waals surface area contributed by atoms with Gasteiger partial charge in [-0.25, -0.2) is 4.89 Å². The molecule has 0 saturated carbocycles. The zero-order valence-electron chi connectivity index (χ0n) is 4.53. The lowest BCUT2D eigenvalue weighted by Crippen LogP contribution is -2.13.